The quantitative estimate of drug-likeness (QED) is 0.939. The molecule has 122 valence electrons. The first-order valence-electron chi connectivity index (χ1n) is 8.07. The zero-order valence-corrected chi connectivity index (χ0v) is 13.5. The first-order valence-corrected chi connectivity index (χ1v) is 8.07. The van der Waals surface area contributed by atoms with Crippen molar-refractivity contribution < 1.29 is 13.9 Å². The van der Waals surface area contributed by atoms with Crippen LogP contribution in [0.1, 0.15) is 47.6 Å². The molecule has 0 bridgehead atoms. The van der Waals surface area contributed by atoms with Crippen molar-refractivity contribution >= 4 is 5.91 Å². The lowest BCUT2D eigenvalue weighted by atomic mass is 9.92. The zero-order valence-electron chi connectivity index (χ0n) is 13.5. The second-order valence-corrected chi connectivity index (χ2v) is 6.06. The number of ether oxygens (including phenoxy) is 1. The Hall–Kier alpha value is -2.30. The summed E-state index contributed by atoms with van der Waals surface area (Å²) in [5.41, 5.74) is 0.634. The van der Waals surface area contributed by atoms with E-state index in [1.54, 1.807) is 12.3 Å². The number of carbonyl (C=O) groups excluding carboxylic acids is 1. The normalized spacial score (nSPS) is 21.0. The van der Waals surface area contributed by atoms with Gasteiger partial charge in [0.1, 0.15) is 17.6 Å². The van der Waals surface area contributed by atoms with E-state index >= 15 is 0 Å². The van der Waals surface area contributed by atoms with Crippen molar-refractivity contribution in [1.82, 2.24) is 10.3 Å². The van der Waals surface area contributed by atoms with E-state index in [9.17, 15) is 4.79 Å². The Morgan fingerprint density at radius 1 is 1.26 bits per heavy atom. The minimum Gasteiger partial charge on any atom is -0.474 e. The predicted molar refractivity (Wildman–Crippen MR) is 86.6 cm³/mol. The first-order chi connectivity index (χ1) is 11.1. The molecule has 0 radical (unpaired) electrons. The van der Waals surface area contributed by atoms with Gasteiger partial charge >= 0.3 is 0 Å². The molecule has 0 atom stereocenters. The third-order valence-corrected chi connectivity index (χ3v) is 4.22. The highest BCUT2D eigenvalue weighted by Gasteiger charge is 2.25. The molecule has 0 aromatic carbocycles. The molecule has 0 saturated heterocycles. The van der Waals surface area contributed by atoms with Crippen molar-refractivity contribution in [3.8, 4) is 5.88 Å². The van der Waals surface area contributed by atoms with E-state index in [1.807, 2.05) is 32.0 Å². The van der Waals surface area contributed by atoms with Gasteiger partial charge in [-0.05, 0) is 51.7 Å². The predicted octanol–water partition coefficient (Wildman–Crippen LogP) is 3.41. The maximum absolute atomic E-state index is 12.3. The van der Waals surface area contributed by atoms with E-state index < -0.39 is 0 Å². The van der Waals surface area contributed by atoms with Gasteiger partial charge in [0.05, 0.1) is 5.56 Å². The Balaban J connectivity index is 1.49. The fourth-order valence-electron chi connectivity index (χ4n) is 3.03. The van der Waals surface area contributed by atoms with E-state index in [1.165, 1.54) is 0 Å². The van der Waals surface area contributed by atoms with E-state index in [2.05, 4.69) is 10.3 Å². The maximum Gasteiger partial charge on any atom is 0.255 e. The number of aromatic nitrogens is 1. The van der Waals surface area contributed by atoms with Gasteiger partial charge in [-0.3, -0.25) is 4.79 Å². The van der Waals surface area contributed by atoms with Gasteiger partial charge in [-0.2, -0.15) is 0 Å². The molecule has 5 nitrogen and oxygen atoms in total. The Labute approximate surface area is 136 Å². The molecule has 1 aliphatic rings. The van der Waals surface area contributed by atoms with Crippen molar-refractivity contribution in [2.75, 3.05) is 0 Å². The topological polar surface area (TPSA) is 64.4 Å². The van der Waals surface area contributed by atoms with Gasteiger partial charge in [0.15, 0.2) is 0 Å². The molecule has 1 amide bonds. The number of amides is 1. The zero-order chi connectivity index (χ0) is 16.2. The highest BCUT2D eigenvalue weighted by molar-refractivity contribution is 5.95. The van der Waals surface area contributed by atoms with Gasteiger partial charge in [0.2, 0.25) is 5.88 Å². The summed E-state index contributed by atoms with van der Waals surface area (Å²) < 4.78 is 11.3. The monoisotopic (exact) mass is 314 g/mol. The summed E-state index contributed by atoms with van der Waals surface area (Å²) in [6.07, 6.45) is 5.58. The Bertz CT molecular complexity index is 658. The standard InChI is InChI=1S/C18H22N2O3/c1-12-11-16(13(2)22-12)18(21)20-14-6-8-15(9-7-14)23-17-5-3-4-10-19-17/h3-5,10-11,14-15H,6-9H2,1-2H3,(H,20,21). The number of hydrogen-bond acceptors (Lipinski definition) is 4. The number of aryl methyl sites for hydroxylation is 2. The third kappa shape index (κ3) is 3.92. The lowest BCUT2D eigenvalue weighted by Gasteiger charge is -2.29. The van der Waals surface area contributed by atoms with Crippen molar-refractivity contribution in [1.29, 1.82) is 0 Å². The molecule has 23 heavy (non-hydrogen) atoms. The lowest BCUT2D eigenvalue weighted by molar-refractivity contribution is 0.0888. The van der Waals surface area contributed by atoms with Gasteiger partial charge in [0.25, 0.3) is 5.91 Å². The Morgan fingerprint density at radius 2 is 2.04 bits per heavy atom. The molecule has 0 spiro atoms. The number of nitrogens with one attached hydrogen (secondary N) is 1. The van der Waals surface area contributed by atoms with Crippen molar-refractivity contribution in [3.05, 3.63) is 47.5 Å². The largest absolute Gasteiger partial charge is 0.474 e. The van der Waals surface area contributed by atoms with Gasteiger partial charge in [-0.15, -0.1) is 0 Å². The second-order valence-electron chi connectivity index (χ2n) is 6.06. The Kier molecular flexibility index (Phi) is 4.65. The van der Waals surface area contributed by atoms with Crippen LogP contribution in [0, 0.1) is 13.8 Å². The van der Waals surface area contributed by atoms with Crippen LogP contribution < -0.4 is 10.1 Å². The molecule has 1 saturated carbocycles. The van der Waals surface area contributed by atoms with E-state index in [0.717, 1.165) is 31.4 Å². The van der Waals surface area contributed by atoms with Gasteiger partial charge in [0, 0.05) is 18.3 Å². The van der Waals surface area contributed by atoms with Crippen LogP contribution in [-0.2, 0) is 0 Å². The van der Waals surface area contributed by atoms with Crippen molar-refractivity contribution in [3.63, 3.8) is 0 Å². The van der Waals surface area contributed by atoms with Crippen LogP contribution in [0.25, 0.3) is 0 Å². The first kappa shape index (κ1) is 15.6. The number of furan rings is 1. The minimum absolute atomic E-state index is 0.0477. The number of carbonyl (C=O) groups is 1. The SMILES string of the molecule is Cc1cc(C(=O)NC2CCC(Oc3ccccn3)CC2)c(C)o1. The van der Waals surface area contributed by atoms with Crippen molar-refractivity contribution in [2.45, 2.75) is 51.7 Å². The van der Waals surface area contributed by atoms with Crippen molar-refractivity contribution in [2.24, 2.45) is 0 Å². The van der Waals surface area contributed by atoms with Gasteiger partial charge in [-0.1, -0.05) is 6.07 Å². The van der Waals surface area contributed by atoms with Crippen LogP contribution in [-0.4, -0.2) is 23.0 Å². The average Bonchev–Trinajstić information content (AvgIpc) is 2.89. The number of nitrogens with zero attached hydrogens (tertiary/aromatic N) is 1. The smallest absolute Gasteiger partial charge is 0.255 e. The summed E-state index contributed by atoms with van der Waals surface area (Å²) in [6.45, 7) is 3.67. The van der Waals surface area contributed by atoms with E-state index in [4.69, 9.17) is 9.15 Å². The van der Waals surface area contributed by atoms with Crippen LogP contribution in [0.15, 0.2) is 34.9 Å². The molecule has 2 aromatic heterocycles. The maximum atomic E-state index is 12.3. The third-order valence-electron chi connectivity index (χ3n) is 4.22. The highest BCUT2D eigenvalue weighted by Crippen LogP contribution is 2.23. The molecule has 2 aromatic rings. The fraction of sp³-hybridized carbons (Fsp3) is 0.444. The average molecular weight is 314 g/mol. The summed E-state index contributed by atoms with van der Waals surface area (Å²) in [6, 6.07) is 7.65. The van der Waals surface area contributed by atoms with Gasteiger partial charge in [-0.25, -0.2) is 4.98 Å². The number of hydrogen-bond donors (Lipinski definition) is 1. The molecule has 5 heteroatoms. The summed E-state index contributed by atoms with van der Waals surface area (Å²) >= 11 is 0. The lowest BCUT2D eigenvalue weighted by Crippen LogP contribution is -2.39. The summed E-state index contributed by atoms with van der Waals surface area (Å²) in [4.78, 5) is 16.5. The minimum atomic E-state index is -0.0477. The molecular formula is C18H22N2O3. The van der Waals surface area contributed by atoms with E-state index in [0.29, 0.717) is 17.2 Å². The van der Waals surface area contributed by atoms with Crippen LogP contribution in [0.5, 0.6) is 5.88 Å². The van der Waals surface area contributed by atoms with Crippen LogP contribution in [0.4, 0.5) is 0 Å². The number of rotatable bonds is 4. The van der Waals surface area contributed by atoms with Gasteiger partial charge < -0.3 is 14.5 Å². The second kappa shape index (κ2) is 6.86. The van der Waals surface area contributed by atoms with Crippen LogP contribution in [0.2, 0.25) is 0 Å². The Morgan fingerprint density at radius 3 is 2.65 bits per heavy atom. The highest BCUT2D eigenvalue weighted by atomic mass is 16.5. The van der Waals surface area contributed by atoms with Crippen LogP contribution in [0.3, 0.4) is 0 Å². The number of pyridine rings is 1. The molecule has 1 aliphatic carbocycles. The fourth-order valence-corrected chi connectivity index (χ4v) is 3.03. The molecule has 0 aliphatic heterocycles. The molecular weight excluding hydrogens is 292 g/mol. The molecule has 3 rings (SSSR count). The molecule has 1 fully saturated rings. The summed E-state index contributed by atoms with van der Waals surface area (Å²) in [5, 5.41) is 3.10. The summed E-state index contributed by atoms with van der Waals surface area (Å²) in [7, 11) is 0. The van der Waals surface area contributed by atoms with E-state index in [-0.39, 0.29) is 18.1 Å². The molecule has 2 heterocycles. The summed E-state index contributed by atoms with van der Waals surface area (Å²) in [5.74, 6) is 2.06. The molecule has 0 unspecified atom stereocenters. The van der Waals surface area contributed by atoms with Crippen LogP contribution >= 0.6 is 0 Å². The molecule has 1 N–H and O–H groups in total.